The molecule has 5 nitrogen and oxygen atoms in total. The summed E-state index contributed by atoms with van der Waals surface area (Å²) < 4.78 is 10.4. The van der Waals surface area contributed by atoms with Gasteiger partial charge in [0.1, 0.15) is 5.69 Å². The van der Waals surface area contributed by atoms with Gasteiger partial charge in [0.2, 0.25) is 5.88 Å². The molecule has 15 heavy (non-hydrogen) atoms. The van der Waals surface area contributed by atoms with Gasteiger partial charge in [0.25, 0.3) is 5.88 Å². The Balaban J connectivity index is 2.56. The molecule has 0 saturated heterocycles. The van der Waals surface area contributed by atoms with Crippen molar-refractivity contribution in [1.29, 1.82) is 0 Å². The Bertz CT molecular complexity index is 368. The Kier molecular flexibility index (Phi) is 2.62. The van der Waals surface area contributed by atoms with Crippen LogP contribution in [0.5, 0.6) is 11.8 Å². The summed E-state index contributed by atoms with van der Waals surface area (Å²) in [5, 5.41) is 11.2. The van der Waals surface area contributed by atoms with E-state index >= 15 is 0 Å². The molecule has 2 rings (SSSR count). The monoisotopic (exact) mass is 209 g/mol. The molecule has 1 unspecified atom stereocenters. The number of ether oxygens (including phenoxy) is 2. The predicted molar refractivity (Wildman–Crippen MR) is 56.7 cm³/mol. The van der Waals surface area contributed by atoms with E-state index in [0.717, 1.165) is 24.2 Å². The van der Waals surface area contributed by atoms with E-state index in [1.54, 1.807) is 14.2 Å². The van der Waals surface area contributed by atoms with E-state index in [1.807, 2.05) is 0 Å². The summed E-state index contributed by atoms with van der Waals surface area (Å²) in [6.07, 6.45) is 1.07. The fourth-order valence-corrected chi connectivity index (χ4v) is 1.90. The SMILES string of the molecule is COc1nnc(OC)c2c1NCCC2C. The molecule has 0 aromatic carbocycles. The van der Waals surface area contributed by atoms with Gasteiger partial charge >= 0.3 is 0 Å². The number of aromatic nitrogens is 2. The van der Waals surface area contributed by atoms with E-state index in [9.17, 15) is 0 Å². The van der Waals surface area contributed by atoms with Crippen LogP contribution < -0.4 is 14.8 Å². The van der Waals surface area contributed by atoms with E-state index in [1.165, 1.54) is 0 Å². The van der Waals surface area contributed by atoms with Gasteiger partial charge in [-0.15, -0.1) is 10.2 Å². The van der Waals surface area contributed by atoms with E-state index < -0.39 is 0 Å². The maximum atomic E-state index is 5.21. The lowest BCUT2D eigenvalue weighted by molar-refractivity contribution is 0.359. The zero-order valence-electron chi connectivity index (χ0n) is 9.20. The smallest absolute Gasteiger partial charge is 0.257 e. The molecule has 1 aromatic heterocycles. The third kappa shape index (κ3) is 1.58. The van der Waals surface area contributed by atoms with Crippen LogP contribution in [0.25, 0.3) is 0 Å². The van der Waals surface area contributed by atoms with Gasteiger partial charge in [0.15, 0.2) is 0 Å². The molecule has 0 bridgehead atoms. The first-order chi connectivity index (χ1) is 7.27. The molecule has 0 saturated carbocycles. The van der Waals surface area contributed by atoms with Gasteiger partial charge < -0.3 is 14.8 Å². The Morgan fingerprint density at radius 2 is 1.87 bits per heavy atom. The third-order valence-corrected chi connectivity index (χ3v) is 2.70. The van der Waals surface area contributed by atoms with Crippen molar-refractivity contribution < 1.29 is 9.47 Å². The van der Waals surface area contributed by atoms with Gasteiger partial charge in [0, 0.05) is 12.1 Å². The van der Waals surface area contributed by atoms with Crippen molar-refractivity contribution in [2.75, 3.05) is 26.1 Å². The van der Waals surface area contributed by atoms with Crippen molar-refractivity contribution in [3.63, 3.8) is 0 Å². The molecule has 5 heteroatoms. The summed E-state index contributed by atoms with van der Waals surface area (Å²) in [5.74, 6) is 1.54. The van der Waals surface area contributed by atoms with Crippen molar-refractivity contribution in [3.8, 4) is 11.8 Å². The number of hydrogen-bond acceptors (Lipinski definition) is 5. The normalized spacial score (nSPS) is 19.0. The van der Waals surface area contributed by atoms with Crippen LogP contribution in [0.4, 0.5) is 5.69 Å². The zero-order valence-corrected chi connectivity index (χ0v) is 9.20. The lowest BCUT2D eigenvalue weighted by Gasteiger charge is -2.25. The molecule has 0 spiro atoms. The molecule has 1 N–H and O–H groups in total. The molecule has 0 radical (unpaired) electrons. The summed E-state index contributed by atoms with van der Waals surface area (Å²) in [6.45, 7) is 3.09. The van der Waals surface area contributed by atoms with Gasteiger partial charge in [0.05, 0.1) is 14.2 Å². The summed E-state index contributed by atoms with van der Waals surface area (Å²) in [6, 6.07) is 0. The molecule has 0 amide bonds. The van der Waals surface area contributed by atoms with E-state index in [-0.39, 0.29) is 0 Å². The highest BCUT2D eigenvalue weighted by molar-refractivity contribution is 5.64. The Hall–Kier alpha value is -1.52. The summed E-state index contributed by atoms with van der Waals surface area (Å²) in [5.41, 5.74) is 1.98. The Morgan fingerprint density at radius 1 is 1.20 bits per heavy atom. The Labute approximate surface area is 88.8 Å². The molecular weight excluding hydrogens is 194 g/mol. The molecule has 82 valence electrons. The van der Waals surface area contributed by atoms with Gasteiger partial charge in [-0.25, -0.2) is 0 Å². The number of methoxy groups -OCH3 is 2. The third-order valence-electron chi connectivity index (χ3n) is 2.70. The van der Waals surface area contributed by atoms with Crippen LogP contribution in [0.3, 0.4) is 0 Å². The van der Waals surface area contributed by atoms with Crippen molar-refractivity contribution in [1.82, 2.24) is 10.2 Å². The average molecular weight is 209 g/mol. The van der Waals surface area contributed by atoms with E-state index in [0.29, 0.717) is 17.7 Å². The molecular formula is C10H15N3O2. The minimum Gasteiger partial charge on any atom is -0.480 e. The average Bonchev–Trinajstić information content (AvgIpc) is 2.28. The number of hydrogen-bond donors (Lipinski definition) is 1. The van der Waals surface area contributed by atoms with Crippen LogP contribution in [-0.2, 0) is 0 Å². The summed E-state index contributed by atoms with van der Waals surface area (Å²) in [7, 11) is 3.20. The first-order valence-electron chi connectivity index (χ1n) is 5.00. The van der Waals surface area contributed by atoms with Crippen LogP contribution in [0.2, 0.25) is 0 Å². The molecule has 1 atom stereocenters. The van der Waals surface area contributed by atoms with Gasteiger partial charge in [-0.3, -0.25) is 0 Å². The molecule has 0 fully saturated rings. The Morgan fingerprint density at radius 3 is 2.53 bits per heavy atom. The first-order valence-corrected chi connectivity index (χ1v) is 5.00. The fourth-order valence-electron chi connectivity index (χ4n) is 1.90. The maximum Gasteiger partial charge on any atom is 0.257 e. The van der Waals surface area contributed by atoms with Crippen molar-refractivity contribution in [2.45, 2.75) is 19.3 Å². The minimum absolute atomic E-state index is 0.417. The van der Waals surface area contributed by atoms with E-state index in [2.05, 4.69) is 22.4 Å². The summed E-state index contributed by atoms with van der Waals surface area (Å²) in [4.78, 5) is 0. The van der Waals surface area contributed by atoms with Crippen molar-refractivity contribution >= 4 is 5.69 Å². The zero-order chi connectivity index (χ0) is 10.8. The van der Waals surface area contributed by atoms with Crippen LogP contribution in [-0.4, -0.2) is 31.0 Å². The molecule has 0 aliphatic carbocycles. The topological polar surface area (TPSA) is 56.3 Å². The highest BCUT2D eigenvalue weighted by atomic mass is 16.5. The van der Waals surface area contributed by atoms with Gasteiger partial charge in [-0.05, 0) is 12.3 Å². The quantitative estimate of drug-likeness (QED) is 0.798. The maximum absolute atomic E-state index is 5.21. The minimum atomic E-state index is 0.417. The molecule has 1 aliphatic heterocycles. The summed E-state index contributed by atoms with van der Waals surface area (Å²) >= 11 is 0. The predicted octanol–water partition coefficient (Wildman–Crippen LogP) is 1.41. The second-order valence-corrected chi connectivity index (χ2v) is 3.62. The van der Waals surface area contributed by atoms with Crippen LogP contribution >= 0.6 is 0 Å². The van der Waals surface area contributed by atoms with Crippen LogP contribution in [0.15, 0.2) is 0 Å². The number of rotatable bonds is 2. The van der Waals surface area contributed by atoms with Gasteiger partial charge in [-0.2, -0.15) is 0 Å². The molecule has 1 aliphatic rings. The standard InChI is InChI=1S/C10H15N3O2/c1-6-4-5-11-8-7(6)9(14-2)12-13-10(8)15-3/h6,11H,4-5H2,1-3H3. The highest BCUT2D eigenvalue weighted by Crippen LogP contribution is 2.40. The molecule has 1 aromatic rings. The second kappa shape index (κ2) is 3.92. The van der Waals surface area contributed by atoms with Gasteiger partial charge in [-0.1, -0.05) is 6.92 Å². The highest BCUT2D eigenvalue weighted by Gasteiger charge is 2.25. The van der Waals surface area contributed by atoms with Crippen LogP contribution in [0.1, 0.15) is 24.8 Å². The van der Waals surface area contributed by atoms with Crippen molar-refractivity contribution in [2.24, 2.45) is 0 Å². The van der Waals surface area contributed by atoms with Crippen LogP contribution in [0, 0.1) is 0 Å². The van der Waals surface area contributed by atoms with E-state index in [4.69, 9.17) is 9.47 Å². The molecule has 2 heterocycles. The number of nitrogens with zero attached hydrogens (tertiary/aromatic N) is 2. The first kappa shape index (κ1) is 10.0. The van der Waals surface area contributed by atoms with Crippen molar-refractivity contribution in [3.05, 3.63) is 5.56 Å². The second-order valence-electron chi connectivity index (χ2n) is 3.62. The number of fused-ring (bicyclic) bond motifs is 1. The largest absolute Gasteiger partial charge is 0.480 e. The lowest BCUT2D eigenvalue weighted by atomic mass is 9.94. The number of nitrogens with one attached hydrogen (secondary N) is 1. The number of anilines is 1. The fraction of sp³-hybridized carbons (Fsp3) is 0.600. The lowest BCUT2D eigenvalue weighted by Crippen LogP contribution is -2.18.